The van der Waals surface area contributed by atoms with E-state index in [0.29, 0.717) is 0 Å². The summed E-state index contributed by atoms with van der Waals surface area (Å²) < 4.78 is 0. The first-order valence-corrected chi connectivity index (χ1v) is 14.3. The summed E-state index contributed by atoms with van der Waals surface area (Å²) in [4.78, 5) is 5.04. The second kappa shape index (κ2) is 12.1. The van der Waals surface area contributed by atoms with Crippen molar-refractivity contribution in [3.05, 3.63) is 181 Å². The van der Waals surface area contributed by atoms with Crippen LogP contribution in [-0.2, 0) is 0 Å². The Labute approximate surface area is 248 Å². The highest BCUT2D eigenvalue weighted by Gasteiger charge is 2.08. The molecule has 0 saturated carbocycles. The Bertz CT molecular complexity index is 1900. The summed E-state index contributed by atoms with van der Waals surface area (Å²) >= 11 is 0. The highest BCUT2D eigenvalue weighted by molar-refractivity contribution is 6.14. The van der Waals surface area contributed by atoms with Gasteiger partial charge in [0.15, 0.2) is 0 Å². The largest absolute Gasteiger partial charge is 0.248 e. The Hall–Kier alpha value is -5.27. The molecule has 0 fully saturated rings. The fraction of sp³-hybridized carbons (Fsp3) is 0.0488. The van der Waals surface area contributed by atoms with E-state index in [1.165, 1.54) is 38.6 Å². The predicted octanol–water partition coefficient (Wildman–Crippen LogP) is 11.0. The highest BCUT2D eigenvalue weighted by atomic mass is 14.8. The Morgan fingerprint density at radius 1 is 0.548 bits per heavy atom. The van der Waals surface area contributed by atoms with Crippen LogP contribution in [0, 0.1) is 6.92 Å². The van der Waals surface area contributed by atoms with Crippen molar-refractivity contribution in [1.29, 1.82) is 0 Å². The van der Waals surface area contributed by atoms with Crippen LogP contribution in [0.1, 0.15) is 29.2 Å². The van der Waals surface area contributed by atoms with Gasteiger partial charge < -0.3 is 0 Å². The lowest BCUT2D eigenvalue weighted by molar-refractivity contribution is 1.46. The van der Waals surface area contributed by atoms with Gasteiger partial charge in [0, 0.05) is 5.56 Å². The molecule has 0 aliphatic heterocycles. The number of hydrogen-bond donors (Lipinski definition) is 0. The van der Waals surface area contributed by atoms with Crippen molar-refractivity contribution in [3.63, 3.8) is 0 Å². The van der Waals surface area contributed by atoms with E-state index >= 15 is 0 Å². The SMILES string of the molecule is C=C(/N=C(\C=C(/C)c1ccc(-c2cccc3ccccc23)cc1)c1ccccc1)c1ccc(-c2ccc(C)cc2)cc1. The van der Waals surface area contributed by atoms with Gasteiger partial charge >= 0.3 is 0 Å². The van der Waals surface area contributed by atoms with Crippen molar-refractivity contribution in [2.45, 2.75) is 13.8 Å². The molecule has 0 aromatic heterocycles. The first kappa shape index (κ1) is 26.9. The number of hydrogen-bond acceptors (Lipinski definition) is 1. The molecule has 1 heteroatoms. The van der Waals surface area contributed by atoms with Gasteiger partial charge in [0.1, 0.15) is 0 Å². The van der Waals surface area contributed by atoms with Crippen molar-refractivity contribution in [2.75, 3.05) is 0 Å². The number of aliphatic imine (C=N–C) groups is 1. The maximum absolute atomic E-state index is 5.04. The maximum Gasteiger partial charge on any atom is 0.0712 e. The van der Waals surface area contributed by atoms with Crippen molar-refractivity contribution < 1.29 is 0 Å². The van der Waals surface area contributed by atoms with E-state index in [1.807, 2.05) is 18.2 Å². The molecule has 202 valence electrons. The van der Waals surface area contributed by atoms with Crippen LogP contribution in [0.5, 0.6) is 0 Å². The Morgan fingerprint density at radius 3 is 1.83 bits per heavy atom. The molecule has 0 radical (unpaired) electrons. The van der Waals surface area contributed by atoms with Gasteiger partial charge in [-0.15, -0.1) is 0 Å². The van der Waals surface area contributed by atoms with Gasteiger partial charge in [0.05, 0.1) is 11.4 Å². The van der Waals surface area contributed by atoms with Gasteiger partial charge in [-0.3, -0.25) is 0 Å². The molecule has 0 saturated heterocycles. The number of benzene rings is 6. The molecule has 0 N–H and O–H groups in total. The van der Waals surface area contributed by atoms with Crippen LogP contribution in [0.2, 0.25) is 0 Å². The van der Waals surface area contributed by atoms with E-state index in [9.17, 15) is 0 Å². The van der Waals surface area contributed by atoms with Gasteiger partial charge in [0.25, 0.3) is 0 Å². The Kier molecular flexibility index (Phi) is 7.74. The van der Waals surface area contributed by atoms with Crippen LogP contribution in [-0.4, -0.2) is 5.71 Å². The molecule has 1 nitrogen and oxygen atoms in total. The van der Waals surface area contributed by atoms with Crippen LogP contribution in [0.3, 0.4) is 0 Å². The molecule has 0 aliphatic rings. The zero-order valence-electron chi connectivity index (χ0n) is 24.1. The fourth-order valence-corrected chi connectivity index (χ4v) is 5.28. The number of fused-ring (bicyclic) bond motifs is 1. The summed E-state index contributed by atoms with van der Waals surface area (Å²) in [5.74, 6) is 0. The lowest BCUT2D eigenvalue weighted by Crippen LogP contribution is -1.99. The number of rotatable bonds is 7. The third-order valence-corrected chi connectivity index (χ3v) is 7.72. The normalized spacial score (nSPS) is 12.0. The van der Waals surface area contributed by atoms with E-state index in [0.717, 1.165) is 33.7 Å². The summed E-state index contributed by atoms with van der Waals surface area (Å²) in [7, 11) is 0. The highest BCUT2D eigenvalue weighted by Crippen LogP contribution is 2.30. The van der Waals surface area contributed by atoms with Gasteiger partial charge in [0.2, 0.25) is 0 Å². The number of allylic oxidation sites excluding steroid dienone is 2. The van der Waals surface area contributed by atoms with Gasteiger partial charge in [-0.2, -0.15) is 0 Å². The van der Waals surface area contributed by atoms with E-state index in [2.05, 4.69) is 154 Å². The minimum Gasteiger partial charge on any atom is -0.248 e. The lowest BCUT2D eigenvalue weighted by atomic mass is 9.96. The minimum absolute atomic E-state index is 0.736. The van der Waals surface area contributed by atoms with E-state index in [-0.39, 0.29) is 0 Å². The molecule has 42 heavy (non-hydrogen) atoms. The van der Waals surface area contributed by atoms with Crippen LogP contribution in [0.15, 0.2) is 163 Å². The number of nitrogens with zero attached hydrogens (tertiary/aromatic N) is 1. The molecule has 0 amide bonds. The van der Waals surface area contributed by atoms with Crippen LogP contribution in [0.25, 0.3) is 44.3 Å². The van der Waals surface area contributed by atoms with Crippen molar-refractivity contribution in [1.82, 2.24) is 0 Å². The maximum atomic E-state index is 5.04. The molecule has 6 aromatic carbocycles. The van der Waals surface area contributed by atoms with Crippen molar-refractivity contribution in [3.8, 4) is 22.3 Å². The summed E-state index contributed by atoms with van der Waals surface area (Å²) in [5, 5.41) is 2.52. The van der Waals surface area contributed by atoms with Crippen molar-refractivity contribution >= 4 is 27.8 Å². The molecule has 0 heterocycles. The minimum atomic E-state index is 0.736. The molecule has 0 bridgehead atoms. The Balaban J connectivity index is 1.29. The van der Waals surface area contributed by atoms with Gasteiger partial charge in [-0.25, -0.2) is 4.99 Å². The van der Waals surface area contributed by atoms with Crippen molar-refractivity contribution in [2.24, 2.45) is 4.99 Å². The van der Waals surface area contributed by atoms with Gasteiger partial charge in [-0.1, -0.05) is 158 Å². The van der Waals surface area contributed by atoms with Crippen LogP contribution in [0.4, 0.5) is 0 Å². The summed E-state index contributed by atoms with van der Waals surface area (Å²) in [6.07, 6.45) is 2.16. The average Bonchev–Trinajstić information content (AvgIpc) is 3.05. The monoisotopic (exact) mass is 539 g/mol. The Morgan fingerprint density at radius 2 is 1.12 bits per heavy atom. The third-order valence-electron chi connectivity index (χ3n) is 7.72. The van der Waals surface area contributed by atoms with Crippen LogP contribution < -0.4 is 0 Å². The smallest absolute Gasteiger partial charge is 0.0712 e. The zero-order valence-corrected chi connectivity index (χ0v) is 24.1. The average molecular weight is 540 g/mol. The molecule has 0 atom stereocenters. The molecule has 0 spiro atoms. The molecular weight excluding hydrogens is 506 g/mol. The van der Waals surface area contributed by atoms with Gasteiger partial charge in [-0.05, 0) is 69.6 Å². The fourth-order valence-electron chi connectivity index (χ4n) is 5.28. The molecule has 0 aliphatic carbocycles. The summed E-state index contributed by atoms with van der Waals surface area (Å²) in [6.45, 7) is 8.59. The molecule has 6 aromatic rings. The molecular formula is C41H33N. The third kappa shape index (κ3) is 5.92. The first-order chi connectivity index (χ1) is 20.5. The lowest BCUT2D eigenvalue weighted by Gasteiger charge is -2.10. The molecule has 0 unspecified atom stereocenters. The van der Waals surface area contributed by atoms with E-state index in [1.54, 1.807) is 0 Å². The summed E-state index contributed by atoms with van der Waals surface area (Å²) in [5.41, 5.74) is 12.1. The number of aryl methyl sites for hydroxylation is 1. The van der Waals surface area contributed by atoms with E-state index < -0.39 is 0 Å². The quantitative estimate of drug-likeness (QED) is 0.179. The second-order valence-electron chi connectivity index (χ2n) is 10.7. The van der Waals surface area contributed by atoms with E-state index in [4.69, 9.17) is 4.99 Å². The zero-order chi connectivity index (χ0) is 28.9. The topological polar surface area (TPSA) is 12.4 Å². The molecule has 6 rings (SSSR count). The summed E-state index contributed by atoms with van der Waals surface area (Å²) in [6, 6.07) is 51.3. The predicted molar refractivity (Wildman–Crippen MR) is 182 cm³/mol. The standard InChI is InChI=1S/C41H33N/c1-29-16-18-34(19-17-29)35-24-22-33(23-25-35)31(3)42-41(38-11-5-4-6-12-38)28-30(2)32-20-26-37(27-21-32)40-15-9-13-36-10-7-8-14-39(36)40/h4-28H,3H2,1-2H3/b30-28+,42-41+. The van der Waals surface area contributed by atoms with Crippen LogP contribution >= 0.6 is 0 Å². The first-order valence-electron chi connectivity index (χ1n) is 14.3. The second-order valence-corrected chi connectivity index (χ2v) is 10.7.